The van der Waals surface area contributed by atoms with Crippen LogP contribution in [0.3, 0.4) is 0 Å². The maximum atomic E-state index is 11.9. The predicted molar refractivity (Wildman–Crippen MR) is 87.4 cm³/mol. The number of fused-ring (bicyclic) bond motifs is 1. The summed E-state index contributed by atoms with van der Waals surface area (Å²) in [6.45, 7) is 4.72. The van der Waals surface area contributed by atoms with Crippen LogP contribution in [0.15, 0.2) is 4.99 Å². The Kier molecular flexibility index (Phi) is 6.12. The van der Waals surface area contributed by atoms with E-state index in [1.165, 1.54) is 16.7 Å². The molecule has 1 saturated heterocycles. The molecule has 2 rings (SSSR count). The number of ether oxygens (including phenoxy) is 2. The first-order chi connectivity index (χ1) is 10.9. The van der Waals surface area contributed by atoms with Gasteiger partial charge in [0.05, 0.1) is 0 Å². The maximum Gasteiger partial charge on any atom is 0.409 e. The molecule has 5 atom stereocenters. The Labute approximate surface area is 140 Å². The van der Waals surface area contributed by atoms with Gasteiger partial charge < -0.3 is 29.5 Å². The fourth-order valence-electron chi connectivity index (χ4n) is 2.50. The summed E-state index contributed by atoms with van der Waals surface area (Å²) in [6, 6.07) is -0.512. The van der Waals surface area contributed by atoms with E-state index < -0.39 is 30.4 Å². The number of rotatable bonds is 4. The summed E-state index contributed by atoms with van der Waals surface area (Å²) in [6.07, 6.45) is -3.41. The van der Waals surface area contributed by atoms with Gasteiger partial charge in [-0.2, -0.15) is 0 Å². The lowest BCUT2D eigenvalue weighted by atomic mass is 9.99. The molecule has 2 aliphatic heterocycles. The highest BCUT2D eigenvalue weighted by Crippen LogP contribution is 2.37. The zero-order valence-corrected chi connectivity index (χ0v) is 14.7. The van der Waals surface area contributed by atoms with Crippen molar-refractivity contribution in [2.75, 3.05) is 33.8 Å². The van der Waals surface area contributed by atoms with Crippen LogP contribution in [0.5, 0.6) is 0 Å². The Balaban J connectivity index is 1.95. The van der Waals surface area contributed by atoms with Gasteiger partial charge in [-0.05, 0) is 13.8 Å². The normalized spacial score (nSPS) is 33.0. The van der Waals surface area contributed by atoms with Crippen LogP contribution in [0.4, 0.5) is 4.79 Å². The van der Waals surface area contributed by atoms with Gasteiger partial charge in [0.25, 0.3) is 0 Å². The zero-order valence-electron chi connectivity index (χ0n) is 13.9. The third kappa shape index (κ3) is 3.90. The van der Waals surface area contributed by atoms with Gasteiger partial charge in [0.15, 0.2) is 5.17 Å². The summed E-state index contributed by atoms with van der Waals surface area (Å²) >= 11 is 1.39. The van der Waals surface area contributed by atoms with Crippen molar-refractivity contribution in [3.8, 4) is 0 Å². The number of nitrogens with zero attached hydrogens (tertiary/aromatic N) is 3. The highest BCUT2D eigenvalue weighted by molar-refractivity contribution is 8.14. The number of hydrogen-bond acceptors (Lipinski definition) is 8. The number of carbonyl (C=O) groups is 1. The monoisotopic (exact) mass is 347 g/mol. The summed E-state index contributed by atoms with van der Waals surface area (Å²) in [5, 5.41) is 21.2. The first-order valence-electron chi connectivity index (χ1n) is 7.74. The van der Waals surface area contributed by atoms with E-state index in [0.29, 0.717) is 13.1 Å². The van der Waals surface area contributed by atoms with Crippen LogP contribution in [-0.2, 0) is 9.47 Å². The smallest absolute Gasteiger partial charge is 0.409 e. The molecule has 0 aromatic carbocycles. The SMILES string of the molecule is CCN(CC)C(=O)OCC1OC2SC(N(C)C)=NC2C(O)C1O. The van der Waals surface area contributed by atoms with Gasteiger partial charge in [0.2, 0.25) is 0 Å². The minimum absolute atomic E-state index is 0.103. The molecule has 132 valence electrons. The lowest BCUT2D eigenvalue weighted by Gasteiger charge is -2.38. The van der Waals surface area contributed by atoms with E-state index in [4.69, 9.17) is 9.47 Å². The molecular formula is C14H25N3O5S. The molecule has 1 amide bonds. The number of carbonyl (C=O) groups excluding carboxylic acids is 1. The number of thioether (sulfide) groups is 1. The molecule has 2 aliphatic rings. The summed E-state index contributed by atoms with van der Waals surface area (Å²) in [4.78, 5) is 19.6. The van der Waals surface area contributed by atoms with Gasteiger partial charge in [-0.1, -0.05) is 11.8 Å². The van der Waals surface area contributed by atoms with Gasteiger partial charge in [0, 0.05) is 27.2 Å². The average Bonchev–Trinajstić information content (AvgIpc) is 2.95. The summed E-state index contributed by atoms with van der Waals surface area (Å²) in [5.41, 5.74) is -0.386. The van der Waals surface area contributed by atoms with E-state index >= 15 is 0 Å². The van der Waals surface area contributed by atoms with Crippen LogP contribution < -0.4 is 0 Å². The molecule has 0 bridgehead atoms. The first kappa shape index (κ1) is 18.3. The third-order valence-electron chi connectivity index (χ3n) is 3.92. The molecule has 8 nitrogen and oxygen atoms in total. The molecule has 1 fully saturated rings. The van der Waals surface area contributed by atoms with Gasteiger partial charge in [-0.3, -0.25) is 4.99 Å². The number of amides is 1. The van der Waals surface area contributed by atoms with Crippen molar-refractivity contribution >= 4 is 23.0 Å². The van der Waals surface area contributed by atoms with E-state index in [-0.39, 0.29) is 12.0 Å². The summed E-state index contributed by atoms with van der Waals surface area (Å²) in [5.74, 6) is 0. The standard InChI is InChI=1S/C14H25N3O5S/c1-5-17(6-2)14(20)21-7-8-10(18)11(19)9-12(22-8)23-13(15-9)16(3)4/h8-12,18-19H,5-7H2,1-4H3. The minimum atomic E-state index is -1.15. The average molecular weight is 347 g/mol. The summed E-state index contributed by atoms with van der Waals surface area (Å²) in [7, 11) is 3.71. The molecule has 9 heteroatoms. The molecule has 0 aliphatic carbocycles. The van der Waals surface area contributed by atoms with Crippen molar-refractivity contribution in [2.24, 2.45) is 4.99 Å². The van der Waals surface area contributed by atoms with E-state index in [1.54, 1.807) is 0 Å². The largest absolute Gasteiger partial charge is 0.447 e. The molecule has 0 aromatic heterocycles. The van der Waals surface area contributed by atoms with Crippen molar-refractivity contribution in [3.05, 3.63) is 0 Å². The number of aliphatic imine (C=N–C) groups is 1. The van der Waals surface area contributed by atoms with Crippen molar-refractivity contribution in [1.29, 1.82) is 0 Å². The first-order valence-corrected chi connectivity index (χ1v) is 8.62. The van der Waals surface area contributed by atoms with Crippen LogP contribution in [0, 0.1) is 0 Å². The predicted octanol–water partition coefficient (Wildman–Crippen LogP) is -0.0555. The van der Waals surface area contributed by atoms with Crippen LogP contribution in [0.1, 0.15) is 13.8 Å². The van der Waals surface area contributed by atoms with E-state index in [2.05, 4.69) is 4.99 Å². The van der Waals surface area contributed by atoms with Crippen molar-refractivity contribution in [2.45, 2.75) is 43.6 Å². The quantitative estimate of drug-likeness (QED) is 0.736. The van der Waals surface area contributed by atoms with E-state index in [0.717, 1.165) is 5.17 Å². The molecule has 0 radical (unpaired) electrons. The van der Waals surface area contributed by atoms with Crippen LogP contribution in [-0.4, -0.2) is 94.9 Å². The van der Waals surface area contributed by atoms with E-state index in [1.807, 2.05) is 32.8 Å². The molecule has 2 heterocycles. The topological polar surface area (TPSA) is 94.8 Å². The third-order valence-corrected chi connectivity index (χ3v) is 5.23. The Morgan fingerprint density at radius 3 is 2.52 bits per heavy atom. The van der Waals surface area contributed by atoms with Gasteiger partial charge in [-0.25, -0.2) is 4.79 Å². The highest BCUT2D eigenvalue weighted by Gasteiger charge is 2.48. The Morgan fingerprint density at radius 2 is 1.96 bits per heavy atom. The second-order valence-corrected chi connectivity index (χ2v) is 6.75. The zero-order chi connectivity index (χ0) is 17.1. The second kappa shape index (κ2) is 7.69. The van der Waals surface area contributed by atoms with Crippen molar-refractivity contribution in [1.82, 2.24) is 9.80 Å². The molecule has 0 saturated carbocycles. The number of aliphatic hydroxyl groups excluding tert-OH is 2. The highest BCUT2D eigenvalue weighted by atomic mass is 32.2. The van der Waals surface area contributed by atoms with Gasteiger partial charge in [-0.15, -0.1) is 0 Å². The summed E-state index contributed by atoms with van der Waals surface area (Å²) < 4.78 is 11.0. The van der Waals surface area contributed by atoms with Crippen molar-refractivity contribution < 1.29 is 24.5 Å². The molecule has 23 heavy (non-hydrogen) atoms. The lowest BCUT2D eigenvalue weighted by molar-refractivity contribution is -0.165. The van der Waals surface area contributed by atoms with Gasteiger partial charge >= 0.3 is 6.09 Å². The molecule has 5 unspecified atom stereocenters. The van der Waals surface area contributed by atoms with Gasteiger partial charge in [0.1, 0.15) is 36.4 Å². The number of amidine groups is 1. The number of hydrogen-bond donors (Lipinski definition) is 2. The molecule has 0 spiro atoms. The second-order valence-electron chi connectivity index (χ2n) is 5.69. The van der Waals surface area contributed by atoms with Crippen LogP contribution >= 0.6 is 11.8 Å². The fraction of sp³-hybridized carbons (Fsp3) is 0.857. The Hall–Kier alpha value is -1.03. The number of aliphatic hydroxyl groups is 2. The Bertz CT molecular complexity index is 458. The van der Waals surface area contributed by atoms with Crippen molar-refractivity contribution in [3.63, 3.8) is 0 Å². The molecular weight excluding hydrogens is 322 g/mol. The molecule has 0 aromatic rings. The van der Waals surface area contributed by atoms with Crippen LogP contribution in [0.25, 0.3) is 0 Å². The molecule has 2 N–H and O–H groups in total. The lowest BCUT2D eigenvalue weighted by Crippen LogP contribution is -2.56. The minimum Gasteiger partial charge on any atom is -0.447 e. The maximum absolute atomic E-state index is 11.9. The Morgan fingerprint density at radius 1 is 1.30 bits per heavy atom. The van der Waals surface area contributed by atoms with Crippen LogP contribution in [0.2, 0.25) is 0 Å². The fourth-order valence-corrected chi connectivity index (χ4v) is 3.66. The van der Waals surface area contributed by atoms with E-state index in [9.17, 15) is 15.0 Å².